The zero-order valence-corrected chi connectivity index (χ0v) is 9.36. The number of halogens is 6. The first kappa shape index (κ1) is 13.1. The number of nitrogens with zero attached hydrogens (tertiary/aromatic N) is 1. The van der Waals surface area contributed by atoms with Gasteiger partial charge in [0.1, 0.15) is 16.0 Å². The van der Waals surface area contributed by atoms with Gasteiger partial charge in [0.05, 0.1) is 0 Å². The summed E-state index contributed by atoms with van der Waals surface area (Å²) in [5.74, 6) is -0.690. The van der Waals surface area contributed by atoms with E-state index >= 15 is 0 Å². The van der Waals surface area contributed by atoms with Gasteiger partial charge >= 0.3 is 6.36 Å². The smallest absolute Gasteiger partial charge is 0.405 e. The number of rotatable bonds is 2. The molecule has 0 saturated heterocycles. The molecule has 0 radical (unpaired) electrons. The Morgan fingerprint density at radius 3 is 2.38 bits per heavy atom. The third-order valence-electron chi connectivity index (χ3n) is 1.63. The quantitative estimate of drug-likeness (QED) is 0.609. The maximum atomic E-state index is 12.3. The van der Waals surface area contributed by atoms with E-state index in [0.717, 1.165) is 0 Å². The van der Waals surface area contributed by atoms with Gasteiger partial charge in [-0.15, -0.1) is 13.2 Å². The van der Waals surface area contributed by atoms with E-state index < -0.39 is 24.2 Å². The number of alkyl halides is 5. The molecule has 0 bridgehead atoms. The Morgan fingerprint density at radius 2 is 1.94 bits per heavy atom. The molecule has 0 fully saturated rings. The summed E-state index contributed by atoms with van der Waals surface area (Å²) in [5, 5.41) is 0. The predicted molar refractivity (Wildman–Crippen MR) is 48.3 cm³/mol. The minimum Gasteiger partial charge on any atom is -0.405 e. The molecule has 0 aliphatic carbocycles. The Kier molecular flexibility index (Phi) is 3.72. The molecule has 0 saturated carbocycles. The predicted octanol–water partition coefficient (Wildman–Crippen LogP) is 3.99. The van der Waals surface area contributed by atoms with Gasteiger partial charge in [0.2, 0.25) is 0 Å². The highest BCUT2D eigenvalue weighted by Crippen LogP contribution is 2.32. The van der Waals surface area contributed by atoms with Crippen molar-refractivity contribution in [3.8, 4) is 5.75 Å². The van der Waals surface area contributed by atoms with E-state index in [9.17, 15) is 22.0 Å². The van der Waals surface area contributed by atoms with Crippen molar-refractivity contribution in [2.45, 2.75) is 19.7 Å². The number of pyridine rings is 1. The maximum absolute atomic E-state index is 12.3. The van der Waals surface area contributed by atoms with Crippen LogP contribution in [0.5, 0.6) is 5.75 Å². The van der Waals surface area contributed by atoms with E-state index in [2.05, 4.69) is 25.7 Å². The first-order valence-electron chi connectivity index (χ1n) is 3.91. The first-order chi connectivity index (χ1) is 7.20. The van der Waals surface area contributed by atoms with E-state index in [1.807, 2.05) is 0 Å². The molecule has 2 nitrogen and oxygen atoms in total. The van der Waals surface area contributed by atoms with Gasteiger partial charge in [0, 0.05) is 11.6 Å². The molecule has 1 aromatic rings. The Morgan fingerprint density at radius 1 is 1.38 bits per heavy atom. The zero-order chi connectivity index (χ0) is 12.5. The molecule has 1 rings (SSSR count). The third kappa shape index (κ3) is 3.29. The van der Waals surface area contributed by atoms with Gasteiger partial charge in [0.15, 0.2) is 0 Å². The van der Waals surface area contributed by atoms with Crippen molar-refractivity contribution in [3.63, 3.8) is 0 Å². The van der Waals surface area contributed by atoms with Crippen LogP contribution in [-0.4, -0.2) is 11.3 Å². The molecule has 8 heteroatoms. The van der Waals surface area contributed by atoms with Crippen LogP contribution in [-0.2, 0) is 0 Å². The molecule has 0 aromatic carbocycles. The molecule has 16 heavy (non-hydrogen) atoms. The average molecular weight is 306 g/mol. The molecule has 0 N–H and O–H groups in total. The van der Waals surface area contributed by atoms with E-state index in [-0.39, 0.29) is 10.2 Å². The second-order valence-corrected chi connectivity index (χ2v) is 3.56. The number of ether oxygens (including phenoxy) is 1. The van der Waals surface area contributed by atoms with Crippen molar-refractivity contribution in [2.24, 2.45) is 0 Å². The van der Waals surface area contributed by atoms with Crippen LogP contribution < -0.4 is 4.74 Å². The fourth-order valence-electron chi connectivity index (χ4n) is 0.916. The van der Waals surface area contributed by atoms with Crippen LogP contribution in [0.2, 0.25) is 0 Å². The first-order valence-corrected chi connectivity index (χ1v) is 4.71. The number of hydrogen-bond donors (Lipinski definition) is 0. The summed E-state index contributed by atoms with van der Waals surface area (Å²) in [6, 6.07) is 0.568. The lowest BCUT2D eigenvalue weighted by Gasteiger charge is -2.13. The summed E-state index contributed by atoms with van der Waals surface area (Å²) >= 11 is 2.78. The molecule has 1 heterocycles. The lowest BCUT2D eigenvalue weighted by Crippen LogP contribution is -2.18. The topological polar surface area (TPSA) is 22.1 Å². The Labute approximate surface area is 95.6 Å². The second-order valence-electron chi connectivity index (χ2n) is 2.81. The number of aromatic nitrogens is 1. The van der Waals surface area contributed by atoms with Crippen LogP contribution in [0, 0.1) is 6.92 Å². The highest BCUT2D eigenvalue weighted by molar-refractivity contribution is 9.10. The minimum atomic E-state index is -4.93. The molecule has 0 amide bonds. The highest BCUT2D eigenvalue weighted by Gasteiger charge is 2.32. The van der Waals surface area contributed by atoms with E-state index in [1.165, 1.54) is 6.92 Å². The van der Waals surface area contributed by atoms with Crippen LogP contribution in [0.3, 0.4) is 0 Å². The van der Waals surface area contributed by atoms with E-state index in [1.54, 1.807) is 0 Å². The Balaban J connectivity index is 3.17. The van der Waals surface area contributed by atoms with Crippen LogP contribution >= 0.6 is 15.9 Å². The number of hydrogen-bond acceptors (Lipinski definition) is 2. The van der Waals surface area contributed by atoms with Crippen LogP contribution in [0.25, 0.3) is 0 Å². The van der Waals surface area contributed by atoms with E-state index in [4.69, 9.17) is 0 Å². The molecule has 90 valence electrons. The van der Waals surface area contributed by atoms with Crippen LogP contribution in [0.15, 0.2) is 10.7 Å². The van der Waals surface area contributed by atoms with Crippen molar-refractivity contribution >= 4 is 15.9 Å². The van der Waals surface area contributed by atoms with Gasteiger partial charge in [-0.2, -0.15) is 0 Å². The SMILES string of the molecule is Cc1c(OC(F)(F)F)cc(C(F)F)nc1Br. The molecule has 0 atom stereocenters. The summed E-state index contributed by atoms with van der Waals surface area (Å²) in [4.78, 5) is 3.38. The van der Waals surface area contributed by atoms with Crippen LogP contribution in [0.1, 0.15) is 17.7 Å². The van der Waals surface area contributed by atoms with Gasteiger partial charge < -0.3 is 4.74 Å². The lowest BCUT2D eigenvalue weighted by molar-refractivity contribution is -0.274. The van der Waals surface area contributed by atoms with Gasteiger partial charge in [-0.3, -0.25) is 0 Å². The summed E-state index contributed by atoms with van der Waals surface area (Å²) in [6.07, 6.45) is -7.89. The van der Waals surface area contributed by atoms with Gasteiger partial charge in [-0.25, -0.2) is 13.8 Å². The van der Waals surface area contributed by atoms with Crippen molar-refractivity contribution in [1.82, 2.24) is 4.98 Å². The minimum absolute atomic E-state index is 0.00160. The van der Waals surface area contributed by atoms with Gasteiger partial charge in [-0.1, -0.05) is 0 Å². The lowest BCUT2D eigenvalue weighted by atomic mass is 10.2. The van der Waals surface area contributed by atoms with Gasteiger partial charge in [-0.05, 0) is 22.9 Å². The Hall–Kier alpha value is -0.920. The largest absolute Gasteiger partial charge is 0.573 e. The van der Waals surface area contributed by atoms with Gasteiger partial charge in [0.25, 0.3) is 6.43 Å². The summed E-state index contributed by atoms with van der Waals surface area (Å²) < 4.78 is 63.9. The van der Waals surface area contributed by atoms with Crippen LogP contribution in [0.4, 0.5) is 22.0 Å². The zero-order valence-electron chi connectivity index (χ0n) is 7.78. The van der Waals surface area contributed by atoms with Crippen molar-refractivity contribution in [1.29, 1.82) is 0 Å². The van der Waals surface area contributed by atoms with Crippen molar-refractivity contribution in [3.05, 3.63) is 21.9 Å². The molecule has 0 aliphatic heterocycles. The second kappa shape index (κ2) is 4.52. The third-order valence-corrected chi connectivity index (χ3v) is 2.41. The van der Waals surface area contributed by atoms with E-state index in [0.29, 0.717) is 6.07 Å². The fraction of sp³-hybridized carbons (Fsp3) is 0.375. The monoisotopic (exact) mass is 305 g/mol. The molecule has 0 unspecified atom stereocenters. The fourth-order valence-corrected chi connectivity index (χ4v) is 1.32. The molecule has 0 aliphatic rings. The summed E-state index contributed by atoms with van der Waals surface area (Å²) in [7, 11) is 0. The standard InChI is InChI=1S/C8H5BrF5NO/c1-3-5(16-8(12,13)14)2-4(7(10)11)15-6(3)9/h2,7H,1H3. The normalized spacial score (nSPS) is 12.0. The highest BCUT2D eigenvalue weighted by atomic mass is 79.9. The van der Waals surface area contributed by atoms with Crippen molar-refractivity contribution in [2.75, 3.05) is 0 Å². The molecular formula is C8H5BrF5NO. The summed E-state index contributed by atoms with van der Waals surface area (Å²) in [6.45, 7) is 1.27. The maximum Gasteiger partial charge on any atom is 0.573 e. The Bertz CT molecular complexity index is 393. The molecular weight excluding hydrogens is 301 g/mol. The molecule has 1 aromatic heterocycles. The summed E-state index contributed by atoms with van der Waals surface area (Å²) in [5.41, 5.74) is -0.779. The van der Waals surface area contributed by atoms with Crippen molar-refractivity contribution < 1.29 is 26.7 Å². The molecule has 0 spiro atoms. The average Bonchev–Trinajstić information content (AvgIpc) is 2.10.